The molecule has 0 spiro atoms. The van der Waals surface area contributed by atoms with E-state index in [0.29, 0.717) is 5.57 Å². The summed E-state index contributed by atoms with van der Waals surface area (Å²) in [5.41, 5.74) is -1.40. The second-order valence-electron chi connectivity index (χ2n) is 17.3. The molecule has 52 heavy (non-hydrogen) atoms. The predicted octanol–water partition coefficient (Wildman–Crippen LogP) is 12.9. The highest BCUT2D eigenvalue weighted by atomic mass is 16.6. The van der Waals surface area contributed by atoms with E-state index in [0.717, 1.165) is 12.8 Å². The maximum absolute atomic E-state index is 12.1. The largest absolute Gasteiger partial charge is 0.505 e. The van der Waals surface area contributed by atoms with Gasteiger partial charge in [0.25, 0.3) is 11.4 Å². The van der Waals surface area contributed by atoms with Gasteiger partial charge in [0, 0.05) is 35.1 Å². The number of azo groups is 2. The van der Waals surface area contributed by atoms with E-state index in [1.165, 1.54) is 36.4 Å². The molecular formula is C40H50N6O6. The fourth-order valence-electron chi connectivity index (χ4n) is 8.37. The van der Waals surface area contributed by atoms with Crippen LogP contribution in [0, 0.1) is 47.3 Å². The third-order valence-corrected chi connectivity index (χ3v) is 9.73. The number of aliphatic hydroxyl groups excluding tert-OH is 1. The highest BCUT2D eigenvalue weighted by Gasteiger charge is 2.57. The number of aliphatic hydroxyl groups is 1. The lowest BCUT2D eigenvalue weighted by Crippen LogP contribution is -2.51. The summed E-state index contributed by atoms with van der Waals surface area (Å²) in [6.45, 7) is 22.0. The summed E-state index contributed by atoms with van der Waals surface area (Å²) >= 11 is 0. The number of nitro groups is 2. The Morgan fingerprint density at radius 3 is 1.52 bits per heavy atom. The number of nitro benzene ring substituents is 2. The van der Waals surface area contributed by atoms with Crippen LogP contribution in [0.3, 0.4) is 0 Å². The average Bonchev–Trinajstić information content (AvgIpc) is 3.01. The van der Waals surface area contributed by atoms with E-state index in [1.807, 2.05) is 0 Å². The number of allylic oxidation sites excluding steroid dienone is 3. The molecule has 0 aliphatic heterocycles. The van der Waals surface area contributed by atoms with Crippen molar-refractivity contribution in [2.45, 2.75) is 88.5 Å². The molecule has 0 atom stereocenters. The van der Waals surface area contributed by atoms with Gasteiger partial charge in [-0.1, -0.05) is 112 Å². The van der Waals surface area contributed by atoms with Gasteiger partial charge in [-0.2, -0.15) is 5.11 Å². The van der Waals surface area contributed by atoms with E-state index in [4.69, 9.17) is 0 Å². The Morgan fingerprint density at radius 2 is 1.06 bits per heavy atom. The normalized spacial score (nSPS) is 15.7. The van der Waals surface area contributed by atoms with Crippen LogP contribution >= 0.6 is 0 Å². The molecule has 0 radical (unpaired) electrons. The standard InChI is InChI=1S/C40H50N6O6/c1-36(2,3)24-38(7,8)40(39(9,10)25-37(4,5)6)22-27(35(48)31(23-40)44-42-29-18-12-14-21-33(29)46(51)52)26-16-15-19-30(34(26)47)43-41-28-17-11-13-20-32(28)45(49)50/h11-22,47-48H,23-25H2,1-10H3. The number of hydrogen-bond acceptors (Lipinski definition) is 10. The molecule has 0 heterocycles. The Labute approximate surface area is 305 Å². The summed E-state index contributed by atoms with van der Waals surface area (Å²) < 4.78 is 0. The first-order chi connectivity index (χ1) is 24.0. The van der Waals surface area contributed by atoms with Crippen LogP contribution in [-0.4, -0.2) is 20.1 Å². The zero-order chi connectivity index (χ0) is 38.9. The van der Waals surface area contributed by atoms with Crippen LogP contribution in [0.4, 0.5) is 28.4 Å². The van der Waals surface area contributed by atoms with E-state index in [-0.39, 0.29) is 68.5 Å². The Hall–Kier alpha value is -5.26. The van der Waals surface area contributed by atoms with Crippen molar-refractivity contribution in [3.8, 4) is 5.75 Å². The number of phenolic OH excluding ortho intramolecular Hbond substituents is 1. The number of phenols is 1. The van der Waals surface area contributed by atoms with Crippen molar-refractivity contribution in [1.29, 1.82) is 0 Å². The van der Waals surface area contributed by atoms with Gasteiger partial charge in [-0.25, -0.2) is 0 Å². The summed E-state index contributed by atoms with van der Waals surface area (Å²) in [6.07, 6.45) is 3.88. The highest BCUT2D eigenvalue weighted by molar-refractivity contribution is 5.85. The molecule has 0 unspecified atom stereocenters. The number of nitrogens with zero attached hydrogens (tertiary/aromatic N) is 6. The molecule has 0 saturated carbocycles. The van der Waals surface area contributed by atoms with Crippen LogP contribution in [-0.2, 0) is 0 Å². The zero-order valence-corrected chi connectivity index (χ0v) is 31.8. The Morgan fingerprint density at radius 1 is 0.635 bits per heavy atom. The Kier molecular flexibility index (Phi) is 10.9. The molecule has 12 heteroatoms. The predicted molar refractivity (Wildman–Crippen MR) is 203 cm³/mol. The van der Waals surface area contributed by atoms with E-state index >= 15 is 0 Å². The first kappa shape index (κ1) is 39.5. The third kappa shape index (κ3) is 8.43. The monoisotopic (exact) mass is 710 g/mol. The first-order valence-corrected chi connectivity index (χ1v) is 17.3. The van der Waals surface area contributed by atoms with Crippen LogP contribution in [0.15, 0.2) is 105 Å². The minimum Gasteiger partial charge on any atom is -0.505 e. The van der Waals surface area contributed by atoms with Crippen LogP contribution in [0.25, 0.3) is 5.57 Å². The Bertz CT molecular complexity index is 1950. The first-order valence-electron chi connectivity index (χ1n) is 17.3. The molecule has 4 rings (SSSR count). The lowest BCUT2D eigenvalue weighted by Gasteiger charge is -2.59. The molecule has 2 N–H and O–H groups in total. The van der Waals surface area contributed by atoms with Crippen molar-refractivity contribution in [2.24, 2.45) is 47.5 Å². The molecule has 0 fully saturated rings. The van der Waals surface area contributed by atoms with Crippen LogP contribution in [0.1, 0.15) is 94.1 Å². The number of hydrogen-bond donors (Lipinski definition) is 2. The third-order valence-electron chi connectivity index (χ3n) is 9.73. The molecular weight excluding hydrogens is 660 g/mol. The van der Waals surface area contributed by atoms with Crippen molar-refractivity contribution in [2.75, 3.05) is 0 Å². The van der Waals surface area contributed by atoms with Crippen LogP contribution in [0.2, 0.25) is 0 Å². The van der Waals surface area contributed by atoms with Gasteiger partial charge in [0.15, 0.2) is 17.1 Å². The zero-order valence-electron chi connectivity index (χ0n) is 31.8. The van der Waals surface area contributed by atoms with Gasteiger partial charge in [0.05, 0.1) is 9.85 Å². The fourth-order valence-corrected chi connectivity index (χ4v) is 8.37. The minimum atomic E-state index is -0.715. The molecule has 0 saturated heterocycles. The van der Waals surface area contributed by atoms with Crippen molar-refractivity contribution in [3.63, 3.8) is 0 Å². The molecule has 0 aromatic heterocycles. The summed E-state index contributed by atoms with van der Waals surface area (Å²) in [6, 6.07) is 16.8. The molecule has 12 nitrogen and oxygen atoms in total. The second-order valence-corrected chi connectivity index (χ2v) is 17.3. The van der Waals surface area contributed by atoms with Crippen molar-refractivity contribution >= 4 is 34.0 Å². The SMILES string of the molecule is CC(C)(C)CC(C)(C)C1(C(C)(C)CC(C)(C)C)C=C(c2cccc(N=Nc3ccccc3[N+](=O)[O-])c2O)C(O)=C(N=Nc2ccccc2[N+](=O)[O-])C1. The van der Waals surface area contributed by atoms with Gasteiger partial charge in [-0.3, -0.25) is 20.2 Å². The minimum absolute atomic E-state index is 0.0153. The molecule has 0 bridgehead atoms. The van der Waals surface area contributed by atoms with E-state index < -0.39 is 26.1 Å². The smallest absolute Gasteiger partial charge is 0.296 e. The molecule has 3 aromatic rings. The van der Waals surface area contributed by atoms with Gasteiger partial charge in [-0.05, 0) is 52.7 Å². The van der Waals surface area contributed by atoms with Gasteiger partial charge in [0.2, 0.25) is 0 Å². The number of para-hydroxylation sites is 3. The molecule has 3 aromatic carbocycles. The summed E-state index contributed by atoms with van der Waals surface area (Å²) in [5.74, 6) is -0.533. The summed E-state index contributed by atoms with van der Waals surface area (Å²) in [7, 11) is 0. The van der Waals surface area contributed by atoms with Gasteiger partial charge in [-0.15, -0.1) is 15.3 Å². The summed E-state index contributed by atoms with van der Waals surface area (Å²) in [4.78, 5) is 22.3. The van der Waals surface area contributed by atoms with Gasteiger partial charge >= 0.3 is 0 Å². The lowest BCUT2D eigenvalue weighted by molar-refractivity contribution is -0.384. The second kappa shape index (κ2) is 14.4. The van der Waals surface area contributed by atoms with E-state index in [1.54, 1.807) is 30.3 Å². The average molecular weight is 711 g/mol. The Balaban J connectivity index is 2.04. The number of rotatable bonds is 11. The molecule has 276 valence electrons. The molecule has 1 aliphatic rings. The van der Waals surface area contributed by atoms with Crippen molar-refractivity contribution < 1.29 is 20.1 Å². The number of aromatic hydroxyl groups is 1. The highest BCUT2D eigenvalue weighted by Crippen LogP contribution is 2.65. The number of benzene rings is 3. The van der Waals surface area contributed by atoms with Crippen molar-refractivity contribution in [3.05, 3.63) is 110 Å². The maximum Gasteiger partial charge on any atom is 0.296 e. The van der Waals surface area contributed by atoms with Crippen LogP contribution in [0.5, 0.6) is 5.75 Å². The molecule has 0 amide bonds. The molecule has 1 aliphatic carbocycles. The fraction of sp³-hybridized carbons (Fsp3) is 0.450. The van der Waals surface area contributed by atoms with E-state index in [2.05, 4.69) is 95.8 Å². The maximum atomic E-state index is 12.1. The van der Waals surface area contributed by atoms with Gasteiger partial charge in [0.1, 0.15) is 17.1 Å². The van der Waals surface area contributed by atoms with E-state index in [9.17, 15) is 30.4 Å². The van der Waals surface area contributed by atoms with Crippen molar-refractivity contribution in [1.82, 2.24) is 0 Å². The summed E-state index contributed by atoms with van der Waals surface area (Å²) in [5, 5.41) is 64.4. The quantitative estimate of drug-likeness (QED) is 0.114. The topological polar surface area (TPSA) is 176 Å². The lowest BCUT2D eigenvalue weighted by atomic mass is 9.45. The van der Waals surface area contributed by atoms with Crippen LogP contribution < -0.4 is 0 Å². The van der Waals surface area contributed by atoms with Gasteiger partial charge < -0.3 is 10.2 Å².